The molecular weight excluding hydrogens is 542 g/mol. The molecule has 4 aromatic rings. The summed E-state index contributed by atoms with van der Waals surface area (Å²) in [5.74, 6) is 8.02. The number of carbonyl (C=O) groups is 1. The molecule has 0 fully saturated rings. The number of hydrazone groups is 1. The molecule has 0 saturated heterocycles. The molecule has 0 radical (unpaired) electrons. The summed E-state index contributed by atoms with van der Waals surface area (Å²) in [6, 6.07) is 20.2. The normalized spacial score (nSPS) is 12.3. The Morgan fingerprint density at radius 2 is 1.90 bits per heavy atom. The zero-order valence-electron chi connectivity index (χ0n) is 20.5. The minimum absolute atomic E-state index is 0.0726. The number of nitrogen functional groups attached to an aromatic ring is 1. The van der Waals surface area contributed by atoms with E-state index in [1.165, 1.54) is 4.68 Å². The van der Waals surface area contributed by atoms with Gasteiger partial charge in [-0.3, -0.25) is 4.79 Å². The van der Waals surface area contributed by atoms with Crippen molar-refractivity contribution in [2.75, 3.05) is 35.6 Å². The SMILES string of the molecule is Nn1c(N/N=C/c2ccccc2OCc2ccccc2Cl)nnc1SCC(=O)Nc1ccc2c(c1)OCCO2. The molecule has 0 aliphatic carbocycles. The van der Waals surface area contributed by atoms with Gasteiger partial charge in [0.2, 0.25) is 11.1 Å². The summed E-state index contributed by atoms with van der Waals surface area (Å²) in [5.41, 5.74) is 4.99. The molecule has 3 aromatic carbocycles. The van der Waals surface area contributed by atoms with Crippen LogP contribution in [0, 0.1) is 0 Å². The Bertz CT molecular complexity index is 1500. The summed E-state index contributed by atoms with van der Waals surface area (Å²) in [5, 5.41) is 16.0. The molecule has 1 amide bonds. The first kappa shape index (κ1) is 26.2. The number of ether oxygens (including phenoxy) is 3. The smallest absolute Gasteiger partial charge is 0.264 e. The van der Waals surface area contributed by atoms with E-state index in [0.29, 0.717) is 52.9 Å². The predicted octanol–water partition coefficient (Wildman–Crippen LogP) is 4.17. The van der Waals surface area contributed by atoms with Gasteiger partial charge in [-0.15, -0.1) is 10.2 Å². The van der Waals surface area contributed by atoms with E-state index in [0.717, 1.165) is 22.9 Å². The fourth-order valence-electron chi connectivity index (χ4n) is 3.55. The van der Waals surface area contributed by atoms with Crippen LogP contribution in [0.1, 0.15) is 11.1 Å². The molecule has 0 atom stereocenters. The van der Waals surface area contributed by atoms with Gasteiger partial charge in [0.1, 0.15) is 25.6 Å². The largest absolute Gasteiger partial charge is 0.488 e. The number of anilines is 2. The molecule has 39 heavy (non-hydrogen) atoms. The highest BCUT2D eigenvalue weighted by atomic mass is 35.5. The van der Waals surface area contributed by atoms with Crippen LogP contribution in [-0.4, -0.2) is 46.0 Å². The molecule has 1 aromatic heterocycles. The number of amides is 1. The number of carbonyl (C=O) groups excluding carboxylic acids is 1. The van der Waals surface area contributed by atoms with E-state index >= 15 is 0 Å². The van der Waals surface area contributed by atoms with Crippen molar-refractivity contribution in [3.8, 4) is 17.2 Å². The van der Waals surface area contributed by atoms with Gasteiger partial charge in [-0.2, -0.15) is 5.10 Å². The molecule has 0 spiro atoms. The molecule has 0 bridgehead atoms. The second-order valence-electron chi connectivity index (χ2n) is 8.16. The van der Waals surface area contributed by atoms with Gasteiger partial charge in [0.15, 0.2) is 11.5 Å². The summed E-state index contributed by atoms with van der Waals surface area (Å²) in [6.45, 7) is 1.29. The third kappa shape index (κ3) is 6.72. The van der Waals surface area contributed by atoms with Crippen molar-refractivity contribution in [3.05, 3.63) is 82.9 Å². The Labute approximate surface area is 233 Å². The summed E-state index contributed by atoms with van der Waals surface area (Å²) in [7, 11) is 0. The van der Waals surface area contributed by atoms with Crippen LogP contribution in [0.3, 0.4) is 0 Å². The molecule has 1 aliphatic heterocycles. The maximum atomic E-state index is 12.4. The molecule has 4 N–H and O–H groups in total. The van der Waals surface area contributed by atoms with E-state index in [2.05, 4.69) is 26.0 Å². The van der Waals surface area contributed by atoms with E-state index in [-0.39, 0.29) is 17.6 Å². The number of rotatable bonds is 10. The molecule has 11 nitrogen and oxygen atoms in total. The Kier molecular flexibility index (Phi) is 8.34. The third-order valence-electron chi connectivity index (χ3n) is 5.45. The van der Waals surface area contributed by atoms with Crippen molar-refractivity contribution >= 4 is 47.1 Å². The first-order valence-electron chi connectivity index (χ1n) is 11.8. The minimum Gasteiger partial charge on any atom is -0.488 e. The number of fused-ring (bicyclic) bond motifs is 1. The van der Waals surface area contributed by atoms with E-state index in [9.17, 15) is 4.79 Å². The molecule has 0 unspecified atom stereocenters. The number of nitrogens with zero attached hydrogens (tertiary/aromatic N) is 4. The van der Waals surface area contributed by atoms with Gasteiger partial charge in [0.05, 0.1) is 12.0 Å². The summed E-state index contributed by atoms with van der Waals surface area (Å²) in [4.78, 5) is 12.4. The van der Waals surface area contributed by atoms with Crippen LogP contribution in [0.2, 0.25) is 5.02 Å². The van der Waals surface area contributed by atoms with Gasteiger partial charge in [-0.25, -0.2) is 10.1 Å². The van der Waals surface area contributed by atoms with E-state index < -0.39 is 0 Å². The monoisotopic (exact) mass is 565 g/mol. The zero-order valence-corrected chi connectivity index (χ0v) is 22.1. The van der Waals surface area contributed by atoms with Crippen LogP contribution >= 0.6 is 23.4 Å². The number of benzene rings is 3. The van der Waals surface area contributed by atoms with Crippen molar-refractivity contribution in [3.63, 3.8) is 0 Å². The summed E-state index contributed by atoms with van der Waals surface area (Å²) < 4.78 is 18.2. The fraction of sp³-hybridized carbons (Fsp3) is 0.154. The molecule has 0 saturated carbocycles. The van der Waals surface area contributed by atoms with Gasteiger partial charge in [0, 0.05) is 27.9 Å². The first-order chi connectivity index (χ1) is 19.1. The summed E-state index contributed by atoms with van der Waals surface area (Å²) >= 11 is 7.36. The lowest BCUT2D eigenvalue weighted by atomic mass is 10.2. The number of halogens is 1. The van der Waals surface area contributed by atoms with Crippen molar-refractivity contribution < 1.29 is 19.0 Å². The van der Waals surface area contributed by atoms with Crippen LogP contribution in [-0.2, 0) is 11.4 Å². The van der Waals surface area contributed by atoms with E-state index in [1.807, 2.05) is 48.5 Å². The number of hydrogen-bond donors (Lipinski definition) is 3. The average Bonchev–Trinajstić information content (AvgIpc) is 3.31. The van der Waals surface area contributed by atoms with E-state index in [4.69, 9.17) is 31.7 Å². The molecule has 200 valence electrons. The average molecular weight is 566 g/mol. The van der Waals surface area contributed by atoms with Crippen molar-refractivity contribution in [1.82, 2.24) is 14.9 Å². The van der Waals surface area contributed by atoms with Gasteiger partial charge in [-0.1, -0.05) is 53.7 Å². The number of para-hydroxylation sites is 1. The van der Waals surface area contributed by atoms with Gasteiger partial charge < -0.3 is 25.4 Å². The van der Waals surface area contributed by atoms with Gasteiger partial charge in [-0.05, 0) is 30.3 Å². The number of hydrogen-bond acceptors (Lipinski definition) is 10. The van der Waals surface area contributed by atoms with E-state index in [1.54, 1.807) is 24.4 Å². The number of thioether (sulfide) groups is 1. The maximum Gasteiger partial charge on any atom is 0.264 e. The lowest BCUT2D eigenvalue weighted by molar-refractivity contribution is -0.113. The third-order valence-corrected chi connectivity index (χ3v) is 6.76. The second-order valence-corrected chi connectivity index (χ2v) is 9.51. The number of aromatic nitrogens is 3. The van der Waals surface area contributed by atoms with Crippen LogP contribution in [0.15, 0.2) is 77.0 Å². The maximum absolute atomic E-state index is 12.4. The lowest BCUT2D eigenvalue weighted by Gasteiger charge is -2.18. The highest BCUT2D eigenvalue weighted by Gasteiger charge is 2.15. The van der Waals surface area contributed by atoms with Crippen molar-refractivity contribution in [2.45, 2.75) is 11.8 Å². The Morgan fingerprint density at radius 1 is 1.10 bits per heavy atom. The quantitative estimate of drug-likeness (QED) is 0.112. The zero-order chi connectivity index (χ0) is 27.0. The summed E-state index contributed by atoms with van der Waals surface area (Å²) in [6.07, 6.45) is 1.59. The molecule has 5 rings (SSSR count). The van der Waals surface area contributed by atoms with Gasteiger partial charge in [0.25, 0.3) is 5.95 Å². The van der Waals surface area contributed by atoms with Gasteiger partial charge >= 0.3 is 0 Å². The van der Waals surface area contributed by atoms with Crippen LogP contribution in [0.4, 0.5) is 11.6 Å². The van der Waals surface area contributed by atoms with Crippen LogP contribution < -0.4 is 30.8 Å². The Balaban J connectivity index is 1.14. The van der Waals surface area contributed by atoms with Crippen molar-refractivity contribution in [1.29, 1.82) is 0 Å². The molecular formula is C26H24ClN7O4S. The predicted molar refractivity (Wildman–Crippen MR) is 150 cm³/mol. The molecule has 13 heteroatoms. The second kappa shape index (κ2) is 12.4. The first-order valence-corrected chi connectivity index (χ1v) is 13.2. The number of nitrogens with one attached hydrogen (secondary N) is 2. The highest BCUT2D eigenvalue weighted by molar-refractivity contribution is 7.99. The Morgan fingerprint density at radius 3 is 2.77 bits per heavy atom. The highest BCUT2D eigenvalue weighted by Crippen LogP contribution is 2.32. The molecule has 2 heterocycles. The minimum atomic E-state index is -0.236. The van der Waals surface area contributed by atoms with Crippen molar-refractivity contribution in [2.24, 2.45) is 5.10 Å². The fourth-order valence-corrected chi connectivity index (χ4v) is 4.40. The van der Waals surface area contributed by atoms with Crippen LogP contribution in [0.5, 0.6) is 17.2 Å². The Hall–Kier alpha value is -4.42. The number of nitrogens with two attached hydrogens (primary N) is 1. The van der Waals surface area contributed by atoms with Crippen LogP contribution in [0.25, 0.3) is 0 Å². The topological polar surface area (TPSA) is 138 Å². The standard InChI is InChI=1S/C26H24ClN7O4S/c27-20-7-3-1-6-18(20)15-38-21-8-4-2-5-17(21)14-29-31-25-32-33-26(34(25)28)39-16-24(35)30-19-9-10-22-23(13-19)37-12-11-36-22/h1-10,13-14H,11-12,15-16,28H2,(H,30,35)(H,31,32)/b29-14+. The molecule has 1 aliphatic rings. The lowest BCUT2D eigenvalue weighted by Crippen LogP contribution is -2.18.